The number of aromatic nitrogens is 1. The summed E-state index contributed by atoms with van der Waals surface area (Å²) >= 11 is 0. The van der Waals surface area contributed by atoms with Crippen molar-refractivity contribution in [1.29, 1.82) is 0 Å². The third-order valence-corrected chi connectivity index (χ3v) is 3.99. The maximum Gasteiger partial charge on any atom is 0.255 e. The molecule has 0 atom stereocenters. The van der Waals surface area contributed by atoms with Crippen molar-refractivity contribution < 1.29 is 14.3 Å². The van der Waals surface area contributed by atoms with E-state index >= 15 is 0 Å². The lowest BCUT2D eigenvalue weighted by atomic mass is 10.2. The van der Waals surface area contributed by atoms with E-state index in [1.807, 2.05) is 0 Å². The first-order valence-electron chi connectivity index (χ1n) is 8.56. The molecule has 28 heavy (non-hydrogen) atoms. The van der Waals surface area contributed by atoms with Crippen molar-refractivity contribution in [3.05, 3.63) is 88.8 Å². The standard InChI is InChI=1S/C21H19N3O4/c1-28-18-11-9-17(10-12-18)23-21(27)15-5-7-16(8-6-15)22-19(25)14-24-13-3-2-4-20(24)26/h2-13H,14H2,1H3,(H,22,25)(H,23,27). The summed E-state index contributed by atoms with van der Waals surface area (Å²) in [7, 11) is 1.58. The molecule has 0 aliphatic carbocycles. The number of carbonyl (C=O) groups excluding carboxylic acids is 2. The Morgan fingerprint density at radius 2 is 1.54 bits per heavy atom. The smallest absolute Gasteiger partial charge is 0.255 e. The number of anilines is 2. The summed E-state index contributed by atoms with van der Waals surface area (Å²) < 4.78 is 6.39. The summed E-state index contributed by atoms with van der Waals surface area (Å²) in [5.41, 5.74) is 1.39. The van der Waals surface area contributed by atoms with E-state index in [0.717, 1.165) is 0 Å². The van der Waals surface area contributed by atoms with Crippen LogP contribution in [0.25, 0.3) is 0 Å². The van der Waals surface area contributed by atoms with Crippen LogP contribution in [0.3, 0.4) is 0 Å². The van der Waals surface area contributed by atoms with Gasteiger partial charge in [0, 0.05) is 29.2 Å². The zero-order valence-corrected chi connectivity index (χ0v) is 15.2. The fourth-order valence-corrected chi connectivity index (χ4v) is 2.53. The molecule has 2 aromatic carbocycles. The fraction of sp³-hybridized carbons (Fsp3) is 0.0952. The molecule has 2 N–H and O–H groups in total. The SMILES string of the molecule is COc1ccc(NC(=O)c2ccc(NC(=O)Cn3ccccc3=O)cc2)cc1. The molecule has 0 radical (unpaired) electrons. The Balaban J connectivity index is 1.59. The summed E-state index contributed by atoms with van der Waals surface area (Å²) in [4.78, 5) is 36.0. The molecule has 7 heteroatoms. The topological polar surface area (TPSA) is 89.4 Å². The molecule has 0 aliphatic rings. The Kier molecular flexibility index (Phi) is 5.86. The minimum atomic E-state index is -0.330. The van der Waals surface area contributed by atoms with Gasteiger partial charge in [-0.2, -0.15) is 0 Å². The Morgan fingerprint density at radius 1 is 0.893 bits per heavy atom. The highest BCUT2D eigenvalue weighted by Crippen LogP contribution is 2.16. The maximum atomic E-state index is 12.3. The van der Waals surface area contributed by atoms with Gasteiger partial charge >= 0.3 is 0 Å². The number of amides is 2. The summed E-state index contributed by atoms with van der Waals surface area (Å²) in [6.07, 6.45) is 1.55. The molecule has 142 valence electrons. The molecule has 0 aliphatic heterocycles. The number of methoxy groups -OCH3 is 1. The van der Waals surface area contributed by atoms with Crippen LogP contribution in [-0.2, 0) is 11.3 Å². The Labute approximate surface area is 161 Å². The van der Waals surface area contributed by atoms with E-state index in [0.29, 0.717) is 22.7 Å². The number of nitrogens with zero attached hydrogens (tertiary/aromatic N) is 1. The summed E-state index contributed by atoms with van der Waals surface area (Å²) in [6.45, 7) is -0.0839. The number of ether oxygens (including phenoxy) is 1. The summed E-state index contributed by atoms with van der Waals surface area (Å²) in [5, 5.41) is 5.49. The van der Waals surface area contributed by atoms with Crippen LogP contribution in [-0.4, -0.2) is 23.5 Å². The van der Waals surface area contributed by atoms with Crippen molar-refractivity contribution in [3.8, 4) is 5.75 Å². The predicted molar refractivity (Wildman–Crippen MR) is 107 cm³/mol. The van der Waals surface area contributed by atoms with Crippen molar-refractivity contribution in [2.24, 2.45) is 0 Å². The van der Waals surface area contributed by atoms with Crippen LogP contribution in [0.2, 0.25) is 0 Å². The third kappa shape index (κ3) is 4.85. The van der Waals surface area contributed by atoms with Crippen LogP contribution in [0.1, 0.15) is 10.4 Å². The summed E-state index contributed by atoms with van der Waals surface area (Å²) in [6, 6.07) is 18.2. The van der Waals surface area contributed by atoms with E-state index in [4.69, 9.17) is 4.74 Å². The van der Waals surface area contributed by atoms with Crippen LogP contribution in [0.15, 0.2) is 77.7 Å². The Morgan fingerprint density at radius 3 is 2.18 bits per heavy atom. The lowest BCUT2D eigenvalue weighted by Crippen LogP contribution is -2.26. The van der Waals surface area contributed by atoms with Gasteiger partial charge in [-0.25, -0.2) is 0 Å². The highest BCUT2D eigenvalue weighted by Gasteiger charge is 2.08. The minimum absolute atomic E-state index is 0.0839. The molecule has 0 saturated carbocycles. The van der Waals surface area contributed by atoms with Crippen molar-refractivity contribution in [2.45, 2.75) is 6.54 Å². The normalized spacial score (nSPS) is 10.2. The maximum absolute atomic E-state index is 12.3. The average molecular weight is 377 g/mol. The molecule has 7 nitrogen and oxygen atoms in total. The van der Waals surface area contributed by atoms with Gasteiger partial charge in [-0.15, -0.1) is 0 Å². The number of nitrogens with one attached hydrogen (secondary N) is 2. The largest absolute Gasteiger partial charge is 0.497 e. The molecule has 1 heterocycles. The lowest BCUT2D eigenvalue weighted by molar-refractivity contribution is -0.116. The molecule has 3 aromatic rings. The molecular weight excluding hydrogens is 358 g/mol. The zero-order chi connectivity index (χ0) is 19.9. The lowest BCUT2D eigenvalue weighted by Gasteiger charge is -2.09. The van der Waals surface area contributed by atoms with E-state index in [2.05, 4.69) is 10.6 Å². The van der Waals surface area contributed by atoms with Gasteiger partial charge in [-0.05, 0) is 54.6 Å². The fourth-order valence-electron chi connectivity index (χ4n) is 2.53. The van der Waals surface area contributed by atoms with Crippen molar-refractivity contribution in [2.75, 3.05) is 17.7 Å². The van der Waals surface area contributed by atoms with E-state index in [1.165, 1.54) is 10.6 Å². The van der Waals surface area contributed by atoms with Gasteiger partial charge in [0.2, 0.25) is 5.91 Å². The average Bonchev–Trinajstić information content (AvgIpc) is 2.71. The number of pyridine rings is 1. The molecule has 1 aromatic heterocycles. The van der Waals surface area contributed by atoms with E-state index in [1.54, 1.807) is 74.0 Å². The van der Waals surface area contributed by atoms with Crippen LogP contribution in [0, 0.1) is 0 Å². The second-order valence-electron chi connectivity index (χ2n) is 5.97. The Hall–Kier alpha value is -3.87. The van der Waals surface area contributed by atoms with Crippen molar-refractivity contribution >= 4 is 23.2 Å². The van der Waals surface area contributed by atoms with Crippen LogP contribution >= 0.6 is 0 Å². The van der Waals surface area contributed by atoms with Gasteiger partial charge in [-0.3, -0.25) is 14.4 Å². The van der Waals surface area contributed by atoms with Gasteiger partial charge in [0.25, 0.3) is 11.5 Å². The first-order chi connectivity index (χ1) is 13.5. The monoisotopic (exact) mass is 377 g/mol. The highest BCUT2D eigenvalue weighted by atomic mass is 16.5. The molecule has 0 unspecified atom stereocenters. The van der Waals surface area contributed by atoms with Crippen molar-refractivity contribution in [3.63, 3.8) is 0 Å². The Bertz CT molecular complexity index is 1020. The van der Waals surface area contributed by atoms with E-state index in [-0.39, 0.29) is 23.9 Å². The third-order valence-electron chi connectivity index (χ3n) is 3.99. The molecule has 0 spiro atoms. The number of hydrogen-bond acceptors (Lipinski definition) is 4. The first-order valence-corrected chi connectivity index (χ1v) is 8.56. The predicted octanol–water partition coefficient (Wildman–Crippen LogP) is 2.75. The van der Waals surface area contributed by atoms with Gasteiger partial charge in [-0.1, -0.05) is 6.07 Å². The van der Waals surface area contributed by atoms with E-state index in [9.17, 15) is 14.4 Å². The second-order valence-corrected chi connectivity index (χ2v) is 5.97. The van der Waals surface area contributed by atoms with Gasteiger partial charge in [0.05, 0.1) is 7.11 Å². The van der Waals surface area contributed by atoms with E-state index < -0.39 is 0 Å². The molecule has 0 saturated heterocycles. The number of hydrogen-bond donors (Lipinski definition) is 2. The van der Waals surface area contributed by atoms with Crippen molar-refractivity contribution in [1.82, 2.24) is 4.57 Å². The zero-order valence-electron chi connectivity index (χ0n) is 15.2. The highest BCUT2D eigenvalue weighted by molar-refractivity contribution is 6.04. The second kappa shape index (κ2) is 8.68. The molecule has 0 bridgehead atoms. The molecule has 3 rings (SSSR count). The summed E-state index contributed by atoms with van der Waals surface area (Å²) in [5.74, 6) is 0.110. The molecule has 0 fully saturated rings. The van der Waals surface area contributed by atoms with Crippen LogP contribution in [0.4, 0.5) is 11.4 Å². The minimum Gasteiger partial charge on any atom is -0.497 e. The first kappa shape index (κ1) is 18.9. The van der Waals surface area contributed by atoms with Gasteiger partial charge in [0.1, 0.15) is 12.3 Å². The number of rotatable bonds is 6. The number of benzene rings is 2. The quantitative estimate of drug-likeness (QED) is 0.691. The van der Waals surface area contributed by atoms with Crippen LogP contribution in [0.5, 0.6) is 5.75 Å². The number of carbonyl (C=O) groups is 2. The molecular formula is C21H19N3O4. The van der Waals surface area contributed by atoms with Crippen LogP contribution < -0.4 is 20.9 Å². The van der Waals surface area contributed by atoms with Gasteiger partial charge < -0.3 is 19.9 Å². The van der Waals surface area contributed by atoms with Gasteiger partial charge in [0.15, 0.2) is 0 Å². The molecule has 2 amide bonds.